The minimum atomic E-state index is -1.46. The van der Waals surface area contributed by atoms with E-state index in [1.54, 1.807) is 0 Å². The maximum absolute atomic E-state index is 6.47. The van der Waals surface area contributed by atoms with Crippen LogP contribution < -0.4 is 0 Å². The molecule has 1 aliphatic carbocycles. The second-order valence-electron chi connectivity index (χ2n) is 8.48. The molecule has 0 aliphatic heterocycles. The SMILES string of the molecule is C=P(C)(C[P](C)(=[V])C[P](C)(C)=[W])OC[C@H]1C[C@@H](C)[C@@H](C)C1C. The third-order valence-electron chi connectivity index (χ3n) is 4.99. The Bertz CT molecular complexity index is 527. The van der Waals surface area contributed by atoms with Gasteiger partial charge in [-0.3, -0.25) is 0 Å². The fraction of sp³-hybridized carbons (Fsp3) is 0.938. The van der Waals surface area contributed by atoms with Gasteiger partial charge in [-0.15, -0.1) is 0 Å². The zero-order valence-corrected chi connectivity index (χ0v) is 22.5. The first kappa shape index (κ1) is 22.4. The van der Waals surface area contributed by atoms with E-state index in [4.69, 9.17) is 4.52 Å². The van der Waals surface area contributed by atoms with E-state index in [1.807, 2.05) is 18.8 Å². The van der Waals surface area contributed by atoms with Crippen LogP contribution in [0.15, 0.2) is 0 Å². The Balaban J connectivity index is 2.60. The fourth-order valence-electron chi connectivity index (χ4n) is 3.81. The molecule has 0 spiro atoms. The zero-order valence-electron chi connectivity index (χ0n) is 15.5. The molecule has 1 aliphatic rings. The van der Waals surface area contributed by atoms with Crippen LogP contribution in [-0.4, -0.2) is 51.4 Å². The van der Waals surface area contributed by atoms with Crippen molar-refractivity contribution in [3.63, 3.8) is 0 Å². The van der Waals surface area contributed by atoms with Crippen LogP contribution >= 0.6 is 17.3 Å². The summed E-state index contributed by atoms with van der Waals surface area (Å²) in [7, 11) is -1.46. The van der Waals surface area contributed by atoms with E-state index in [1.165, 1.54) is 18.2 Å². The van der Waals surface area contributed by atoms with Crippen LogP contribution in [0.25, 0.3) is 0 Å². The molecule has 0 saturated heterocycles. The molecule has 0 aromatic heterocycles. The topological polar surface area (TPSA) is 9.23 Å². The zero-order chi connectivity index (χ0) is 17.3. The van der Waals surface area contributed by atoms with Gasteiger partial charge in [-0.1, -0.05) is 0 Å². The summed E-state index contributed by atoms with van der Waals surface area (Å²) in [5.41, 5.74) is 0. The van der Waals surface area contributed by atoms with Gasteiger partial charge in [0, 0.05) is 0 Å². The van der Waals surface area contributed by atoms with Crippen LogP contribution in [0.1, 0.15) is 27.2 Å². The van der Waals surface area contributed by atoms with E-state index >= 15 is 0 Å². The van der Waals surface area contributed by atoms with Crippen LogP contribution in [0, 0.1) is 23.7 Å². The van der Waals surface area contributed by atoms with E-state index in [0.29, 0.717) is 0 Å². The van der Waals surface area contributed by atoms with Crippen LogP contribution in [0.4, 0.5) is 0 Å². The summed E-state index contributed by atoms with van der Waals surface area (Å²) in [5.74, 6) is 5.96. The molecular weight excluding hydrogens is 536 g/mol. The Morgan fingerprint density at radius 2 is 1.64 bits per heavy atom. The molecule has 0 bridgehead atoms. The van der Waals surface area contributed by atoms with Gasteiger partial charge >= 0.3 is 159 Å². The number of rotatable bonds is 7. The van der Waals surface area contributed by atoms with Crippen molar-refractivity contribution in [2.24, 2.45) is 23.7 Å². The van der Waals surface area contributed by atoms with Gasteiger partial charge in [0.25, 0.3) is 0 Å². The monoisotopic (exact) mass is 571 g/mol. The molecule has 1 nitrogen and oxygen atoms in total. The van der Waals surface area contributed by atoms with Crippen LogP contribution in [0.5, 0.6) is 0 Å². The van der Waals surface area contributed by atoms with Crippen LogP contribution in [0.2, 0.25) is 0 Å². The summed E-state index contributed by atoms with van der Waals surface area (Å²) in [6.07, 6.45) is 5.88. The molecule has 3 unspecified atom stereocenters. The van der Waals surface area contributed by atoms with Gasteiger partial charge in [0.15, 0.2) is 0 Å². The number of hydrogen-bond donors (Lipinski definition) is 0. The van der Waals surface area contributed by atoms with E-state index in [-0.39, 0.29) is 0 Å². The molecule has 0 heterocycles. The molecule has 131 valence electrons. The quantitative estimate of drug-likeness (QED) is 0.357. The van der Waals surface area contributed by atoms with Crippen LogP contribution in [-0.2, 0) is 39.8 Å². The Kier molecular flexibility index (Phi) is 8.55. The third-order valence-corrected chi connectivity index (χ3v) is 23.0. The fourth-order valence-corrected chi connectivity index (χ4v) is 38.2. The molecule has 1 rings (SSSR count). The maximum atomic E-state index is 6.47. The first-order valence-corrected chi connectivity index (χ1v) is 21.9. The molecule has 0 aromatic carbocycles. The Labute approximate surface area is 158 Å². The standard InChI is InChI=1S/C16H35OP3.V.W/c1-13-9-16(15(3)14(13)2)10-17-20(7,8)12-19(6)11-18(4)5;;/h13-16H,7,9-12H2,1-6,8H3;;/t13-,14-,15?,16-,19?,20?;;/m1../s1. The molecule has 6 heteroatoms. The van der Waals surface area contributed by atoms with Gasteiger partial charge < -0.3 is 0 Å². The Morgan fingerprint density at radius 3 is 2.05 bits per heavy atom. The summed E-state index contributed by atoms with van der Waals surface area (Å²) < 4.78 is 6.47. The average Bonchev–Trinajstić information content (AvgIpc) is 2.49. The molecule has 0 radical (unpaired) electrons. The van der Waals surface area contributed by atoms with Crippen molar-refractivity contribution in [1.82, 2.24) is 0 Å². The summed E-state index contributed by atoms with van der Waals surface area (Å²) in [6, 6.07) is 0. The molecule has 22 heavy (non-hydrogen) atoms. The average molecular weight is 571 g/mol. The van der Waals surface area contributed by atoms with Gasteiger partial charge in [0.2, 0.25) is 0 Å². The van der Waals surface area contributed by atoms with Gasteiger partial charge in [-0.05, 0) is 0 Å². The first-order valence-electron chi connectivity index (χ1n) is 8.18. The molecule has 0 aromatic rings. The predicted molar refractivity (Wildman–Crippen MR) is 103 cm³/mol. The van der Waals surface area contributed by atoms with Crippen molar-refractivity contribution in [3.8, 4) is 0 Å². The summed E-state index contributed by atoms with van der Waals surface area (Å²) in [4.78, 5) is -0.638. The molecule has 0 N–H and O–H groups in total. The van der Waals surface area contributed by atoms with Crippen molar-refractivity contribution in [3.05, 3.63) is 0 Å². The van der Waals surface area contributed by atoms with E-state index in [2.05, 4.69) is 70.2 Å². The van der Waals surface area contributed by atoms with Gasteiger partial charge in [0.05, 0.1) is 0 Å². The second-order valence-corrected chi connectivity index (χ2v) is 34.6. The summed E-state index contributed by atoms with van der Waals surface area (Å²) in [5, 5.41) is -0.917. The van der Waals surface area contributed by atoms with E-state index in [0.717, 1.165) is 30.3 Å². The predicted octanol–water partition coefficient (Wildman–Crippen LogP) is 5.69. The van der Waals surface area contributed by atoms with Gasteiger partial charge in [-0.25, -0.2) is 0 Å². The first-order chi connectivity index (χ1) is 9.72. The van der Waals surface area contributed by atoms with Gasteiger partial charge in [0.1, 0.15) is 0 Å². The molecule has 1 saturated carbocycles. The van der Waals surface area contributed by atoms with E-state index in [9.17, 15) is 0 Å². The summed E-state index contributed by atoms with van der Waals surface area (Å²) >= 11 is 4.87. The second kappa shape index (κ2) is 8.39. The van der Waals surface area contributed by atoms with Crippen molar-refractivity contribution in [2.45, 2.75) is 27.2 Å². The summed E-state index contributed by atoms with van der Waals surface area (Å²) in [6.45, 7) is 18.0. The molecule has 6 atom stereocenters. The third kappa shape index (κ3) is 7.74. The van der Waals surface area contributed by atoms with Crippen molar-refractivity contribution in [1.29, 1.82) is 0 Å². The Hall–Kier alpha value is 2.39. The molecular formula is C16H35OP3VW. The normalized spacial score (nSPS) is 35.0. The minimum absolute atomic E-state index is 0.638. The van der Waals surface area contributed by atoms with Crippen molar-refractivity contribution in [2.75, 3.05) is 45.1 Å². The number of hydrogen-bond acceptors (Lipinski definition) is 1. The van der Waals surface area contributed by atoms with Gasteiger partial charge in [-0.2, -0.15) is 0 Å². The van der Waals surface area contributed by atoms with Crippen molar-refractivity contribution >= 4 is 23.6 Å². The van der Waals surface area contributed by atoms with E-state index < -0.39 is 17.3 Å². The Morgan fingerprint density at radius 1 is 1.09 bits per heavy atom. The van der Waals surface area contributed by atoms with Crippen molar-refractivity contribution < 1.29 is 39.8 Å². The molecule has 1 fully saturated rings. The van der Waals surface area contributed by atoms with Crippen LogP contribution in [0.3, 0.4) is 0 Å². The molecule has 0 amide bonds.